The zero-order chi connectivity index (χ0) is 25.7. The molecule has 0 radical (unpaired) electrons. The molecule has 2 heterocycles. The van der Waals surface area contributed by atoms with E-state index >= 15 is 0 Å². The molecule has 36 heavy (non-hydrogen) atoms. The first-order chi connectivity index (χ1) is 17.5. The van der Waals surface area contributed by atoms with Crippen LogP contribution in [-0.2, 0) is 16.1 Å². The van der Waals surface area contributed by atoms with E-state index in [4.69, 9.17) is 14.2 Å². The van der Waals surface area contributed by atoms with Crippen LogP contribution in [0.5, 0.6) is 11.5 Å². The van der Waals surface area contributed by atoms with Crippen LogP contribution in [0.2, 0.25) is 0 Å². The van der Waals surface area contributed by atoms with Gasteiger partial charge >= 0.3 is 5.97 Å². The Bertz CT molecular complexity index is 1280. The van der Waals surface area contributed by atoms with Gasteiger partial charge in [-0.1, -0.05) is 43.0 Å². The molecule has 1 aromatic heterocycles. The van der Waals surface area contributed by atoms with Gasteiger partial charge in [-0.3, -0.25) is 0 Å². The maximum Gasteiger partial charge on any atom is 0.338 e. The molecule has 0 bridgehead atoms. The second-order valence-electron chi connectivity index (χ2n) is 7.90. The number of nitrogens with zero attached hydrogens (tertiary/aromatic N) is 3. The minimum absolute atomic E-state index is 0.0529. The monoisotopic (exact) mass is 512 g/mol. The van der Waals surface area contributed by atoms with Crippen LogP contribution in [0.25, 0.3) is 0 Å². The summed E-state index contributed by atoms with van der Waals surface area (Å²) in [5.41, 5.74) is 2.27. The first-order valence-electron chi connectivity index (χ1n) is 11.8. The fourth-order valence-electron chi connectivity index (χ4n) is 3.96. The highest BCUT2D eigenvalue weighted by molar-refractivity contribution is 7.99. The lowest BCUT2D eigenvalue weighted by Crippen LogP contribution is -2.29. The van der Waals surface area contributed by atoms with Crippen molar-refractivity contribution in [3.8, 4) is 11.5 Å². The molecule has 0 fully saturated rings. The number of anilines is 1. The van der Waals surface area contributed by atoms with Crippen LogP contribution in [0.4, 0.5) is 10.3 Å². The molecule has 4 rings (SSSR count). The molecule has 1 aliphatic heterocycles. The molecule has 1 N–H and O–H groups in total. The van der Waals surface area contributed by atoms with Crippen molar-refractivity contribution in [2.75, 3.05) is 24.3 Å². The molecule has 0 spiro atoms. The Labute approximate surface area is 213 Å². The number of nitrogens with one attached hydrogen (secondary N) is 1. The lowest BCUT2D eigenvalue weighted by molar-refractivity contribution is -0.139. The van der Waals surface area contributed by atoms with Crippen molar-refractivity contribution in [3.05, 3.63) is 70.7 Å². The van der Waals surface area contributed by atoms with Gasteiger partial charge in [0.15, 0.2) is 11.5 Å². The number of thioether (sulfide) groups is 1. The lowest BCUT2D eigenvalue weighted by atomic mass is 9.95. The number of allylic oxidation sites excluding steroid dienone is 1. The fourth-order valence-corrected chi connectivity index (χ4v) is 4.51. The van der Waals surface area contributed by atoms with E-state index in [-0.39, 0.29) is 19.0 Å². The Kier molecular flexibility index (Phi) is 8.14. The first kappa shape index (κ1) is 25.6. The summed E-state index contributed by atoms with van der Waals surface area (Å²) in [7, 11) is 0. The van der Waals surface area contributed by atoms with Crippen molar-refractivity contribution in [2.24, 2.45) is 0 Å². The van der Waals surface area contributed by atoms with Gasteiger partial charge in [0.1, 0.15) is 18.5 Å². The Balaban J connectivity index is 1.74. The van der Waals surface area contributed by atoms with Gasteiger partial charge < -0.3 is 19.5 Å². The van der Waals surface area contributed by atoms with Crippen molar-refractivity contribution in [2.45, 2.75) is 45.5 Å². The number of carbonyl (C=O) groups excluding carboxylic acids is 1. The maximum absolute atomic E-state index is 14.1. The van der Waals surface area contributed by atoms with E-state index in [9.17, 15) is 9.18 Å². The summed E-state index contributed by atoms with van der Waals surface area (Å²) in [4.78, 5) is 17.6. The number of aromatic nitrogens is 3. The third kappa shape index (κ3) is 5.33. The van der Waals surface area contributed by atoms with Gasteiger partial charge in [0.25, 0.3) is 0 Å². The average molecular weight is 513 g/mol. The summed E-state index contributed by atoms with van der Waals surface area (Å²) < 4.78 is 32.9. The van der Waals surface area contributed by atoms with Crippen LogP contribution in [0.3, 0.4) is 0 Å². The van der Waals surface area contributed by atoms with Gasteiger partial charge in [-0.15, -0.1) is 5.10 Å². The molecule has 2 aromatic carbocycles. The smallest absolute Gasteiger partial charge is 0.338 e. The summed E-state index contributed by atoms with van der Waals surface area (Å²) in [5, 5.41) is 8.45. The minimum Gasteiger partial charge on any atom is -0.490 e. The van der Waals surface area contributed by atoms with Crippen molar-refractivity contribution in [1.29, 1.82) is 0 Å². The molecule has 0 saturated heterocycles. The van der Waals surface area contributed by atoms with Crippen LogP contribution < -0.4 is 14.8 Å². The van der Waals surface area contributed by atoms with E-state index < -0.39 is 12.0 Å². The molecule has 0 saturated carbocycles. The largest absolute Gasteiger partial charge is 0.490 e. The van der Waals surface area contributed by atoms with Crippen LogP contribution >= 0.6 is 11.8 Å². The van der Waals surface area contributed by atoms with Crippen LogP contribution in [0.15, 0.2) is 58.9 Å². The van der Waals surface area contributed by atoms with E-state index in [0.29, 0.717) is 46.0 Å². The van der Waals surface area contributed by atoms with Gasteiger partial charge in [0.2, 0.25) is 11.1 Å². The zero-order valence-corrected chi connectivity index (χ0v) is 21.5. The second-order valence-corrected chi connectivity index (χ2v) is 9.13. The van der Waals surface area contributed by atoms with Crippen LogP contribution in [-0.4, -0.2) is 39.7 Å². The molecule has 1 unspecified atom stereocenters. The van der Waals surface area contributed by atoms with E-state index in [1.54, 1.807) is 35.9 Å². The summed E-state index contributed by atoms with van der Waals surface area (Å²) in [6, 6.07) is 11.3. The zero-order valence-electron chi connectivity index (χ0n) is 20.7. The van der Waals surface area contributed by atoms with Gasteiger partial charge in [-0.05, 0) is 50.3 Å². The minimum atomic E-state index is -0.584. The standard InChI is InChI=1S/C26H29FN4O4S/c1-5-33-21-14-17(12-13-20(21)35-15-18-10-8-9-11-19(18)27)23-22(24(32)34-6-2)16(4)28-25-29-26(36-7-3)30-31(23)25/h8-14,23H,5-7,15H2,1-4H3,(H,28,29,30). The molecule has 8 nitrogen and oxygen atoms in total. The van der Waals surface area contributed by atoms with Crippen molar-refractivity contribution in [3.63, 3.8) is 0 Å². The average Bonchev–Trinajstić information content (AvgIpc) is 3.25. The predicted octanol–water partition coefficient (Wildman–Crippen LogP) is 5.36. The highest BCUT2D eigenvalue weighted by atomic mass is 32.2. The molecule has 3 aromatic rings. The number of hydrogen-bond donors (Lipinski definition) is 1. The van der Waals surface area contributed by atoms with E-state index in [2.05, 4.69) is 15.4 Å². The van der Waals surface area contributed by atoms with Gasteiger partial charge in [0, 0.05) is 11.3 Å². The number of rotatable bonds is 10. The van der Waals surface area contributed by atoms with Gasteiger partial charge in [-0.25, -0.2) is 13.9 Å². The van der Waals surface area contributed by atoms with E-state index in [0.717, 1.165) is 11.3 Å². The third-order valence-electron chi connectivity index (χ3n) is 5.53. The number of ether oxygens (including phenoxy) is 3. The normalized spacial score (nSPS) is 14.8. The van der Waals surface area contributed by atoms with Crippen molar-refractivity contribution in [1.82, 2.24) is 14.8 Å². The number of esters is 1. The maximum atomic E-state index is 14.1. The number of fused-ring (bicyclic) bond motifs is 1. The SMILES string of the molecule is CCOC(=O)C1=C(C)Nc2nc(SCC)nn2C1c1ccc(OCc2ccccc2F)c(OCC)c1. The molecule has 0 aliphatic carbocycles. The van der Waals surface area contributed by atoms with E-state index in [1.807, 2.05) is 32.9 Å². The Morgan fingerprint density at radius 1 is 1.11 bits per heavy atom. The molecule has 1 atom stereocenters. The van der Waals surface area contributed by atoms with Gasteiger partial charge in [-0.2, -0.15) is 4.98 Å². The van der Waals surface area contributed by atoms with Crippen molar-refractivity contribution < 1.29 is 23.4 Å². The summed E-state index contributed by atoms with van der Waals surface area (Å²) >= 11 is 1.51. The summed E-state index contributed by atoms with van der Waals surface area (Å²) in [6.45, 7) is 8.18. The molecular weight excluding hydrogens is 483 g/mol. The topological polar surface area (TPSA) is 87.5 Å². The Morgan fingerprint density at radius 2 is 1.92 bits per heavy atom. The third-order valence-corrected chi connectivity index (χ3v) is 6.25. The molecule has 0 amide bonds. The fraction of sp³-hybridized carbons (Fsp3) is 0.346. The highest BCUT2D eigenvalue weighted by Gasteiger charge is 2.35. The van der Waals surface area contributed by atoms with Crippen molar-refractivity contribution >= 4 is 23.7 Å². The second kappa shape index (κ2) is 11.5. The number of halogens is 1. The first-order valence-corrected chi connectivity index (χ1v) is 12.8. The summed E-state index contributed by atoms with van der Waals surface area (Å²) in [5.74, 6) is 1.54. The van der Waals surface area contributed by atoms with Gasteiger partial charge in [0.05, 0.1) is 18.8 Å². The molecule has 190 valence electrons. The van der Waals surface area contributed by atoms with Crippen LogP contribution in [0.1, 0.15) is 44.9 Å². The summed E-state index contributed by atoms with van der Waals surface area (Å²) in [6.07, 6.45) is 0. The Morgan fingerprint density at radius 3 is 2.64 bits per heavy atom. The number of benzene rings is 2. The lowest BCUT2D eigenvalue weighted by Gasteiger charge is -2.28. The predicted molar refractivity (Wildman–Crippen MR) is 136 cm³/mol. The highest BCUT2D eigenvalue weighted by Crippen LogP contribution is 2.40. The van der Waals surface area contributed by atoms with Crippen LogP contribution in [0, 0.1) is 5.82 Å². The number of hydrogen-bond acceptors (Lipinski definition) is 8. The molecular formula is C26H29FN4O4S. The Hall–Kier alpha value is -3.53. The quantitative estimate of drug-likeness (QED) is 0.287. The van der Waals surface area contributed by atoms with E-state index in [1.165, 1.54) is 17.8 Å². The number of carbonyl (C=O) groups is 1. The molecule has 10 heteroatoms. The molecule has 1 aliphatic rings.